The zero-order valence-corrected chi connectivity index (χ0v) is 13.9. The standard InChI is InChI=1S/C19H24N4O/c24-19(23-16-10-4-5-11-16)17-13-18(22-14-21-17)20-12-6-9-15-7-2-1-3-8-15/h1-3,7-8,13-14,16H,4-6,9-12H2,(H,23,24)(H,20,21,22). The Kier molecular flexibility index (Phi) is 5.77. The molecule has 24 heavy (non-hydrogen) atoms. The van der Waals surface area contributed by atoms with E-state index in [0.717, 1.165) is 32.2 Å². The number of aryl methyl sites for hydroxylation is 1. The summed E-state index contributed by atoms with van der Waals surface area (Å²) >= 11 is 0. The smallest absolute Gasteiger partial charge is 0.270 e. The number of nitrogens with one attached hydrogen (secondary N) is 2. The van der Waals surface area contributed by atoms with Crippen LogP contribution < -0.4 is 10.6 Å². The van der Waals surface area contributed by atoms with Crippen LogP contribution in [0.4, 0.5) is 5.82 Å². The van der Waals surface area contributed by atoms with Crippen molar-refractivity contribution in [3.8, 4) is 0 Å². The third-order valence-electron chi connectivity index (χ3n) is 4.38. The minimum absolute atomic E-state index is 0.100. The van der Waals surface area contributed by atoms with E-state index in [1.54, 1.807) is 6.07 Å². The number of nitrogens with zero attached hydrogens (tertiary/aromatic N) is 2. The van der Waals surface area contributed by atoms with E-state index >= 15 is 0 Å². The van der Waals surface area contributed by atoms with Gasteiger partial charge in [-0.05, 0) is 31.2 Å². The van der Waals surface area contributed by atoms with E-state index in [-0.39, 0.29) is 5.91 Å². The predicted octanol–water partition coefficient (Wildman–Crippen LogP) is 3.19. The summed E-state index contributed by atoms with van der Waals surface area (Å²) in [4.78, 5) is 20.5. The third-order valence-corrected chi connectivity index (χ3v) is 4.38. The van der Waals surface area contributed by atoms with Gasteiger partial charge in [0.05, 0.1) is 0 Å². The van der Waals surface area contributed by atoms with E-state index in [9.17, 15) is 4.79 Å². The van der Waals surface area contributed by atoms with Gasteiger partial charge in [0.1, 0.15) is 17.8 Å². The Morgan fingerprint density at radius 3 is 2.71 bits per heavy atom. The Morgan fingerprint density at radius 2 is 1.92 bits per heavy atom. The molecule has 5 nitrogen and oxygen atoms in total. The highest BCUT2D eigenvalue weighted by Crippen LogP contribution is 2.18. The highest BCUT2D eigenvalue weighted by molar-refractivity contribution is 5.93. The maximum absolute atomic E-state index is 12.2. The molecule has 0 saturated heterocycles. The molecule has 126 valence electrons. The van der Waals surface area contributed by atoms with Crippen molar-refractivity contribution >= 4 is 11.7 Å². The van der Waals surface area contributed by atoms with Crippen LogP contribution >= 0.6 is 0 Å². The Labute approximate surface area is 142 Å². The van der Waals surface area contributed by atoms with Crippen molar-refractivity contribution in [2.75, 3.05) is 11.9 Å². The molecule has 0 unspecified atom stereocenters. The molecular weight excluding hydrogens is 300 g/mol. The van der Waals surface area contributed by atoms with E-state index in [0.29, 0.717) is 17.6 Å². The minimum Gasteiger partial charge on any atom is -0.370 e. The summed E-state index contributed by atoms with van der Waals surface area (Å²) in [6.45, 7) is 0.815. The van der Waals surface area contributed by atoms with Gasteiger partial charge in [-0.25, -0.2) is 9.97 Å². The fraction of sp³-hybridized carbons (Fsp3) is 0.421. The number of rotatable bonds is 7. The molecule has 2 aromatic rings. The van der Waals surface area contributed by atoms with E-state index in [4.69, 9.17) is 0 Å². The van der Waals surface area contributed by atoms with E-state index in [1.807, 2.05) is 6.07 Å². The quantitative estimate of drug-likeness (QED) is 0.768. The monoisotopic (exact) mass is 324 g/mol. The van der Waals surface area contributed by atoms with Crippen molar-refractivity contribution < 1.29 is 4.79 Å². The van der Waals surface area contributed by atoms with Crippen molar-refractivity contribution in [2.24, 2.45) is 0 Å². The molecule has 1 amide bonds. The Balaban J connectivity index is 1.46. The lowest BCUT2D eigenvalue weighted by molar-refractivity contribution is 0.0932. The van der Waals surface area contributed by atoms with Crippen LogP contribution in [0.25, 0.3) is 0 Å². The Morgan fingerprint density at radius 1 is 1.12 bits per heavy atom. The zero-order chi connectivity index (χ0) is 16.6. The van der Waals surface area contributed by atoms with Gasteiger partial charge in [-0.3, -0.25) is 4.79 Å². The number of aromatic nitrogens is 2. The topological polar surface area (TPSA) is 66.9 Å². The molecule has 1 aliphatic rings. The van der Waals surface area contributed by atoms with Gasteiger partial charge in [-0.2, -0.15) is 0 Å². The summed E-state index contributed by atoms with van der Waals surface area (Å²) in [5, 5.41) is 6.33. The van der Waals surface area contributed by atoms with Crippen LogP contribution in [0.3, 0.4) is 0 Å². The number of hydrogen-bond acceptors (Lipinski definition) is 4. The summed E-state index contributed by atoms with van der Waals surface area (Å²) in [5.74, 6) is 0.603. The molecule has 0 aliphatic heterocycles. The first-order chi connectivity index (χ1) is 11.8. The second-order valence-corrected chi connectivity index (χ2v) is 6.26. The molecule has 0 bridgehead atoms. The minimum atomic E-state index is -0.100. The molecule has 3 rings (SSSR count). The molecule has 0 spiro atoms. The maximum atomic E-state index is 12.2. The van der Waals surface area contributed by atoms with E-state index in [2.05, 4.69) is 44.9 Å². The highest BCUT2D eigenvalue weighted by Gasteiger charge is 2.18. The normalized spacial score (nSPS) is 14.5. The summed E-state index contributed by atoms with van der Waals surface area (Å²) in [6, 6.07) is 12.4. The van der Waals surface area contributed by atoms with Crippen LogP contribution in [0, 0.1) is 0 Å². The van der Waals surface area contributed by atoms with Crippen LogP contribution in [-0.4, -0.2) is 28.5 Å². The molecule has 1 heterocycles. The first-order valence-electron chi connectivity index (χ1n) is 8.72. The van der Waals surface area contributed by atoms with E-state index in [1.165, 1.54) is 24.7 Å². The van der Waals surface area contributed by atoms with Gasteiger partial charge >= 0.3 is 0 Å². The molecule has 2 N–H and O–H groups in total. The van der Waals surface area contributed by atoms with Gasteiger partial charge in [-0.1, -0.05) is 43.2 Å². The Bertz CT molecular complexity index is 653. The van der Waals surface area contributed by atoms with Gasteiger partial charge < -0.3 is 10.6 Å². The van der Waals surface area contributed by atoms with Gasteiger partial charge in [0, 0.05) is 18.7 Å². The first-order valence-corrected chi connectivity index (χ1v) is 8.72. The predicted molar refractivity (Wildman–Crippen MR) is 95.0 cm³/mol. The summed E-state index contributed by atoms with van der Waals surface area (Å²) in [5.41, 5.74) is 1.76. The molecule has 0 atom stereocenters. The second kappa shape index (κ2) is 8.43. The number of carbonyl (C=O) groups excluding carboxylic acids is 1. The molecule has 1 aromatic heterocycles. The van der Waals surface area contributed by atoms with Gasteiger partial charge in [0.2, 0.25) is 0 Å². The average molecular weight is 324 g/mol. The highest BCUT2D eigenvalue weighted by atomic mass is 16.1. The lowest BCUT2D eigenvalue weighted by Gasteiger charge is -2.12. The lowest BCUT2D eigenvalue weighted by atomic mass is 10.1. The number of benzene rings is 1. The van der Waals surface area contributed by atoms with Crippen molar-refractivity contribution in [1.82, 2.24) is 15.3 Å². The largest absolute Gasteiger partial charge is 0.370 e. The summed E-state index contributed by atoms with van der Waals surface area (Å²) in [7, 11) is 0. The van der Waals surface area contributed by atoms with Gasteiger partial charge in [-0.15, -0.1) is 0 Å². The van der Waals surface area contributed by atoms with Crippen molar-refractivity contribution in [1.29, 1.82) is 0 Å². The molecule has 5 heteroatoms. The van der Waals surface area contributed by atoms with Crippen molar-refractivity contribution in [3.05, 3.63) is 54.0 Å². The molecular formula is C19H24N4O. The summed E-state index contributed by atoms with van der Waals surface area (Å²) in [6.07, 6.45) is 8.02. The van der Waals surface area contributed by atoms with E-state index < -0.39 is 0 Å². The van der Waals surface area contributed by atoms with Crippen molar-refractivity contribution in [2.45, 2.75) is 44.6 Å². The summed E-state index contributed by atoms with van der Waals surface area (Å²) < 4.78 is 0. The SMILES string of the molecule is O=C(NC1CCCC1)c1cc(NCCCc2ccccc2)ncn1. The Hall–Kier alpha value is -2.43. The lowest BCUT2D eigenvalue weighted by Crippen LogP contribution is -2.33. The fourth-order valence-corrected chi connectivity index (χ4v) is 3.06. The van der Waals surface area contributed by atoms with Crippen molar-refractivity contribution in [3.63, 3.8) is 0 Å². The molecule has 1 aliphatic carbocycles. The third kappa shape index (κ3) is 4.78. The molecule has 0 radical (unpaired) electrons. The van der Waals surface area contributed by atoms with Crippen LogP contribution in [0.1, 0.15) is 48.2 Å². The molecule has 1 aromatic carbocycles. The molecule has 1 saturated carbocycles. The van der Waals surface area contributed by atoms with Crippen LogP contribution in [0.15, 0.2) is 42.7 Å². The fourth-order valence-electron chi connectivity index (χ4n) is 3.06. The number of carbonyl (C=O) groups is 1. The van der Waals surface area contributed by atoms with Gasteiger partial charge in [0.15, 0.2) is 0 Å². The number of hydrogen-bond donors (Lipinski definition) is 2. The first kappa shape index (κ1) is 16.4. The van der Waals surface area contributed by atoms with Crippen LogP contribution in [0.5, 0.6) is 0 Å². The number of anilines is 1. The molecule has 1 fully saturated rings. The zero-order valence-electron chi connectivity index (χ0n) is 13.9. The second-order valence-electron chi connectivity index (χ2n) is 6.26. The average Bonchev–Trinajstić information content (AvgIpc) is 3.13. The van der Waals surface area contributed by atoms with Crippen LogP contribution in [0.2, 0.25) is 0 Å². The number of amides is 1. The van der Waals surface area contributed by atoms with Crippen LogP contribution in [-0.2, 0) is 6.42 Å². The van der Waals surface area contributed by atoms with Gasteiger partial charge in [0.25, 0.3) is 5.91 Å². The maximum Gasteiger partial charge on any atom is 0.270 e.